The van der Waals surface area contributed by atoms with Crippen molar-refractivity contribution in [3.63, 3.8) is 0 Å². The predicted octanol–water partition coefficient (Wildman–Crippen LogP) is 1.13. The first kappa shape index (κ1) is 11.4. The highest BCUT2D eigenvalue weighted by atomic mass is 19.1. The predicted molar refractivity (Wildman–Crippen MR) is 55.4 cm³/mol. The number of nitrogens with two attached hydrogens (primary N) is 1. The number of benzene rings is 1. The van der Waals surface area contributed by atoms with Crippen LogP contribution < -0.4 is 16.6 Å². The van der Waals surface area contributed by atoms with Gasteiger partial charge in [0.15, 0.2) is 5.82 Å². The third kappa shape index (κ3) is 2.41. The highest BCUT2D eigenvalue weighted by Gasteiger charge is 2.12. The summed E-state index contributed by atoms with van der Waals surface area (Å²) < 4.78 is 26.7. The van der Waals surface area contributed by atoms with Gasteiger partial charge in [-0.3, -0.25) is 10.4 Å². The molecule has 0 fully saturated rings. The molecule has 1 aromatic carbocycles. The molecule has 82 valence electrons. The number of nitrogens with one attached hydrogen (secondary N) is 2. The van der Waals surface area contributed by atoms with Crippen LogP contribution >= 0.6 is 0 Å². The quantitative estimate of drug-likeness (QED) is 0.284. The summed E-state index contributed by atoms with van der Waals surface area (Å²) in [6.07, 6.45) is 0. The molecule has 4 nitrogen and oxygen atoms in total. The summed E-state index contributed by atoms with van der Waals surface area (Å²) >= 11 is 0. The van der Waals surface area contributed by atoms with Gasteiger partial charge in [0, 0.05) is 7.05 Å². The lowest BCUT2D eigenvalue weighted by atomic mass is 10.2. The fourth-order valence-corrected chi connectivity index (χ4v) is 1.05. The van der Waals surface area contributed by atoms with Gasteiger partial charge >= 0.3 is 0 Å². The Bertz CT molecular complexity index is 390. The average Bonchev–Trinajstić information content (AvgIpc) is 2.24. The monoisotopic (exact) mass is 214 g/mol. The van der Waals surface area contributed by atoms with Gasteiger partial charge in [0.2, 0.25) is 5.96 Å². The molecule has 0 unspecified atom stereocenters. The Hall–Kier alpha value is -1.69. The number of rotatable bonds is 1. The summed E-state index contributed by atoms with van der Waals surface area (Å²) in [6.45, 7) is 1.54. The molecular formula is C9H12F2N4. The van der Waals surface area contributed by atoms with Crippen molar-refractivity contribution in [1.82, 2.24) is 5.43 Å². The molecule has 0 aliphatic carbocycles. The Morgan fingerprint density at radius 2 is 2.07 bits per heavy atom. The first-order valence-electron chi connectivity index (χ1n) is 4.25. The Morgan fingerprint density at radius 1 is 1.40 bits per heavy atom. The van der Waals surface area contributed by atoms with E-state index < -0.39 is 11.6 Å². The molecule has 0 spiro atoms. The molecule has 0 radical (unpaired) electrons. The lowest BCUT2D eigenvalue weighted by Gasteiger charge is -2.11. The fourth-order valence-electron chi connectivity index (χ4n) is 1.05. The van der Waals surface area contributed by atoms with E-state index >= 15 is 0 Å². The maximum Gasteiger partial charge on any atom is 0.210 e. The summed E-state index contributed by atoms with van der Waals surface area (Å²) in [4.78, 5) is 3.65. The second kappa shape index (κ2) is 4.70. The minimum absolute atomic E-state index is 0.0819. The number of hydrazine groups is 1. The van der Waals surface area contributed by atoms with E-state index in [1.165, 1.54) is 19.2 Å². The minimum atomic E-state index is -0.700. The number of aliphatic imine (C=N–C) groups is 1. The van der Waals surface area contributed by atoms with Gasteiger partial charge < -0.3 is 5.32 Å². The summed E-state index contributed by atoms with van der Waals surface area (Å²) in [5.41, 5.74) is 2.25. The Balaban J connectivity index is 3.08. The molecule has 15 heavy (non-hydrogen) atoms. The summed E-state index contributed by atoms with van der Waals surface area (Å²) in [6, 6.07) is 2.53. The lowest BCUT2D eigenvalue weighted by Crippen LogP contribution is -2.36. The van der Waals surface area contributed by atoms with Crippen molar-refractivity contribution in [3.05, 3.63) is 29.3 Å². The van der Waals surface area contributed by atoms with Gasteiger partial charge in [-0.1, -0.05) is 6.07 Å². The van der Waals surface area contributed by atoms with Crippen LogP contribution in [0.5, 0.6) is 0 Å². The van der Waals surface area contributed by atoms with Gasteiger partial charge in [-0.2, -0.15) is 0 Å². The van der Waals surface area contributed by atoms with Crippen molar-refractivity contribution >= 4 is 11.6 Å². The SMILES string of the molecule is CN=C(NN)Nc1c(F)ccc(C)c1F. The molecule has 1 aromatic rings. The number of nitrogens with zero attached hydrogens (tertiary/aromatic N) is 1. The van der Waals surface area contributed by atoms with E-state index in [0.29, 0.717) is 5.56 Å². The summed E-state index contributed by atoms with van der Waals surface area (Å²) in [7, 11) is 1.44. The van der Waals surface area contributed by atoms with Crippen LogP contribution in [0.15, 0.2) is 17.1 Å². The van der Waals surface area contributed by atoms with Crippen molar-refractivity contribution in [2.75, 3.05) is 12.4 Å². The third-order valence-corrected chi connectivity index (χ3v) is 1.89. The molecule has 0 aromatic heterocycles. The van der Waals surface area contributed by atoms with Gasteiger partial charge in [-0.25, -0.2) is 14.6 Å². The molecule has 1 rings (SSSR count). The minimum Gasteiger partial charge on any atom is -0.320 e. The second-order valence-corrected chi connectivity index (χ2v) is 2.89. The molecule has 0 saturated carbocycles. The van der Waals surface area contributed by atoms with Crippen LogP contribution in [-0.4, -0.2) is 13.0 Å². The van der Waals surface area contributed by atoms with E-state index in [1.807, 2.05) is 0 Å². The van der Waals surface area contributed by atoms with Crippen LogP contribution in [0, 0.1) is 18.6 Å². The molecule has 6 heteroatoms. The zero-order chi connectivity index (χ0) is 11.4. The molecular weight excluding hydrogens is 202 g/mol. The molecule has 4 N–H and O–H groups in total. The Morgan fingerprint density at radius 3 is 2.60 bits per heavy atom. The Labute approximate surface area is 86.2 Å². The molecule has 0 aliphatic heterocycles. The van der Waals surface area contributed by atoms with Gasteiger partial charge in [-0.15, -0.1) is 0 Å². The van der Waals surface area contributed by atoms with E-state index in [9.17, 15) is 8.78 Å². The van der Waals surface area contributed by atoms with Crippen LogP contribution in [-0.2, 0) is 0 Å². The van der Waals surface area contributed by atoms with E-state index in [4.69, 9.17) is 5.84 Å². The summed E-state index contributed by atoms with van der Waals surface area (Å²) in [5, 5.41) is 2.42. The van der Waals surface area contributed by atoms with E-state index in [1.54, 1.807) is 6.92 Å². The topological polar surface area (TPSA) is 62.4 Å². The van der Waals surface area contributed by atoms with Gasteiger partial charge in [0.1, 0.15) is 11.5 Å². The zero-order valence-electron chi connectivity index (χ0n) is 8.44. The highest BCUT2D eigenvalue weighted by molar-refractivity contribution is 5.93. The first-order chi connectivity index (χ1) is 7.10. The van der Waals surface area contributed by atoms with Crippen LogP contribution in [0.3, 0.4) is 0 Å². The smallest absolute Gasteiger partial charge is 0.210 e. The molecule has 0 saturated heterocycles. The number of anilines is 1. The van der Waals surface area contributed by atoms with Gasteiger partial charge in [-0.05, 0) is 18.6 Å². The molecule has 0 aliphatic rings. The van der Waals surface area contributed by atoms with Crippen molar-refractivity contribution in [3.8, 4) is 0 Å². The second-order valence-electron chi connectivity index (χ2n) is 2.89. The fraction of sp³-hybridized carbons (Fsp3) is 0.222. The Kier molecular flexibility index (Phi) is 3.56. The molecule has 0 bridgehead atoms. The van der Waals surface area contributed by atoms with Crippen molar-refractivity contribution in [2.45, 2.75) is 6.92 Å². The standard InChI is InChI=1S/C9H12F2N4/c1-5-3-4-6(10)8(7(5)11)14-9(13-2)15-12/h3-4H,12H2,1-2H3,(H2,13,14,15). The maximum atomic E-state index is 13.5. The number of halogens is 2. The van der Waals surface area contributed by atoms with E-state index in [2.05, 4.69) is 15.7 Å². The highest BCUT2D eigenvalue weighted by Crippen LogP contribution is 2.21. The summed E-state index contributed by atoms with van der Waals surface area (Å²) in [5.74, 6) is 3.80. The van der Waals surface area contributed by atoms with Crippen LogP contribution in [0.25, 0.3) is 0 Å². The average molecular weight is 214 g/mol. The first-order valence-corrected chi connectivity index (χ1v) is 4.25. The number of hydrogen-bond donors (Lipinski definition) is 3. The number of hydrogen-bond acceptors (Lipinski definition) is 2. The normalized spacial score (nSPS) is 11.4. The molecule has 0 heterocycles. The van der Waals surface area contributed by atoms with Crippen molar-refractivity contribution < 1.29 is 8.78 Å². The number of aryl methyl sites for hydroxylation is 1. The third-order valence-electron chi connectivity index (χ3n) is 1.89. The van der Waals surface area contributed by atoms with Crippen molar-refractivity contribution in [1.29, 1.82) is 0 Å². The molecule has 0 amide bonds. The van der Waals surface area contributed by atoms with Crippen LogP contribution in [0.1, 0.15) is 5.56 Å². The number of guanidine groups is 1. The largest absolute Gasteiger partial charge is 0.320 e. The van der Waals surface area contributed by atoms with Gasteiger partial charge in [0.05, 0.1) is 0 Å². The van der Waals surface area contributed by atoms with E-state index in [0.717, 1.165) is 0 Å². The molecule has 0 atom stereocenters. The van der Waals surface area contributed by atoms with Crippen LogP contribution in [0.4, 0.5) is 14.5 Å². The van der Waals surface area contributed by atoms with Gasteiger partial charge in [0.25, 0.3) is 0 Å². The van der Waals surface area contributed by atoms with Crippen molar-refractivity contribution in [2.24, 2.45) is 10.8 Å². The van der Waals surface area contributed by atoms with E-state index in [-0.39, 0.29) is 11.6 Å². The maximum absolute atomic E-state index is 13.5. The zero-order valence-corrected chi connectivity index (χ0v) is 8.44. The van der Waals surface area contributed by atoms with Crippen LogP contribution in [0.2, 0.25) is 0 Å². The lowest BCUT2D eigenvalue weighted by molar-refractivity contribution is 0.585.